The normalized spacial score (nSPS) is 9.67. The number of rotatable bonds is 0. The van der Waals surface area contributed by atoms with Crippen LogP contribution in [0.5, 0.6) is 0 Å². The summed E-state index contributed by atoms with van der Waals surface area (Å²) in [6, 6.07) is 0. The quantitative estimate of drug-likeness (QED) is 0.255. The van der Waals surface area contributed by atoms with Gasteiger partial charge in [0.1, 0.15) is 0 Å². The molecule has 0 saturated carbocycles. The molecule has 0 aliphatic heterocycles. The summed E-state index contributed by atoms with van der Waals surface area (Å²) in [6.07, 6.45) is 0. The summed E-state index contributed by atoms with van der Waals surface area (Å²) in [6.45, 7) is 0. The van der Waals surface area contributed by atoms with Crippen molar-refractivity contribution in [2.45, 2.75) is 0 Å². The molecule has 0 aromatic rings. The molecule has 0 aliphatic rings. The third-order valence-corrected chi connectivity index (χ3v) is 0. The molecular weight excluding hydrogens is 264 g/mol. The minimum absolute atomic E-state index is 0. The van der Waals surface area contributed by atoms with Gasteiger partial charge in [-0.25, -0.2) is 0 Å². The van der Waals surface area contributed by atoms with E-state index >= 15 is 0 Å². The van der Waals surface area contributed by atoms with Crippen LogP contribution in [0.15, 0.2) is 0 Å². The Kier molecular flexibility index (Phi) is 16.5. The smallest absolute Gasteiger partial charge is 1.00 e. The van der Waals surface area contributed by atoms with Crippen LogP contribution in [0.25, 0.3) is 0 Å². The Bertz CT molecular complexity index is 219. The van der Waals surface area contributed by atoms with Gasteiger partial charge in [-0.2, -0.15) is 16.8 Å². The second kappa shape index (κ2) is 8.55. The molecule has 0 heterocycles. The Morgan fingerprint density at radius 3 is 0.750 bits per heavy atom. The van der Waals surface area contributed by atoms with Gasteiger partial charge in [-0.15, -0.1) is 0 Å². The van der Waals surface area contributed by atoms with Crippen LogP contribution in [0.4, 0.5) is 0 Å². The summed E-state index contributed by atoms with van der Waals surface area (Å²) in [7, 11) is -9.33. The summed E-state index contributed by atoms with van der Waals surface area (Å²) >= 11 is 0. The maximum Gasteiger partial charge on any atom is 1.00 e. The van der Waals surface area contributed by atoms with Crippen molar-refractivity contribution in [2.24, 2.45) is 0 Å². The van der Waals surface area contributed by atoms with Crippen LogP contribution in [-0.4, -0.2) is 35.0 Å². The average Bonchev–Trinajstić information content (AvgIpc) is 1.12. The zero-order valence-electron chi connectivity index (χ0n) is 6.95. The van der Waals surface area contributed by atoms with E-state index in [2.05, 4.69) is 0 Å². The summed E-state index contributed by atoms with van der Waals surface area (Å²) in [5.41, 5.74) is 0. The largest absolute Gasteiger partial charge is 1.00 e. The van der Waals surface area contributed by atoms with Gasteiger partial charge in [-0.3, -0.25) is 18.2 Å². The first-order valence-corrected chi connectivity index (χ1v) is 4.19. The first-order chi connectivity index (χ1) is 4.00. The fourth-order valence-corrected chi connectivity index (χ4v) is 0. The summed E-state index contributed by atoms with van der Waals surface area (Å²) in [5, 5.41) is 0. The topological polar surface area (TPSA) is 149 Å². The molecule has 0 aromatic carbocycles. The van der Waals surface area contributed by atoms with Gasteiger partial charge in [0.25, 0.3) is 0 Å². The fraction of sp³-hybridized carbons (Fsp3) is 0. The summed E-state index contributed by atoms with van der Waals surface area (Å²) in [4.78, 5) is 0. The van der Waals surface area contributed by atoms with Crippen LogP contribution >= 0.6 is 0 Å². The molecule has 0 rings (SSSR count). The molecule has 0 amide bonds. The van der Waals surface area contributed by atoms with Crippen molar-refractivity contribution in [3.05, 3.63) is 0 Å². The van der Waals surface area contributed by atoms with Crippen LogP contribution in [0.2, 0.25) is 0 Å². The van der Waals surface area contributed by atoms with Crippen molar-refractivity contribution in [1.82, 2.24) is 0 Å². The van der Waals surface area contributed by atoms with E-state index in [-0.39, 0.29) is 39.8 Å². The van der Waals surface area contributed by atoms with E-state index < -0.39 is 20.8 Å². The van der Waals surface area contributed by atoms with Crippen molar-refractivity contribution in [3.63, 3.8) is 0 Å². The van der Waals surface area contributed by atoms with Crippen LogP contribution in [0, 0.1) is 0 Å². The molecule has 4 N–H and O–H groups in total. The molecule has 0 spiro atoms. The van der Waals surface area contributed by atoms with E-state index in [1.807, 2.05) is 0 Å². The molecule has 12 heavy (non-hydrogen) atoms. The maximum atomic E-state index is 8.74. The van der Waals surface area contributed by atoms with Gasteiger partial charge in [0.2, 0.25) is 0 Å². The number of hydrogen-bond acceptors (Lipinski definition) is 4. The second-order valence-electron chi connectivity index (χ2n) is 0.896. The molecule has 0 unspecified atom stereocenters. The van der Waals surface area contributed by atoms with Crippen molar-refractivity contribution in [1.29, 1.82) is 0 Å². The molecule has 0 aliphatic carbocycles. The van der Waals surface area contributed by atoms with Gasteiger partial charge in [0, 0.05) is 19.5 Å². The molecule has 0 fully saturated rings. The SMILES string of the molecule is O=S(=O)(O)O.O=S(=O)(O)O.[H-].[Li+].[Zn]. The molecule has 0 bridgehead atoms. The Balaban J connectivity index is -0.0000000267. The summed E-state index contributed by atoms with van der Waals surface area (Å²) < 4.78 is 63.2. The van der Waals surface area contributed by atoms with E-state index in [1.54, 1.807) is 0 Å². The predicted molar refractivity (Wildman–Crippen MR) is 29.5 cm³/mol. The minimum atomic E-state index is -4.67. The van der Waals surface area contributed by atoms with Crippen LogP contribution in [0.3, 0.4) is 0 Å². The van der Waals surface area contributed by atoms with Crippen molar-refractivity contribution < 1.29 is 74.8 Å². The van der Waals surface area contributed by atoms with Crippen molar-refractivity contribution in [2.75, 3.05) is 0 Å². The standard InChI is InChI=1S/Li.2H2O4S.Zn.H/c;2*1-5(2,3)4;;/h;2*(H2,1,2,3,4);;/q+1;;;;-1. The van der Waals surface area contributed by atoms with Crippen molar-refractivity contribution in [3.8, 4) is 0 Å². The molecule has 8 nitrogen and oxygen atoms in total. The molecular formula is H5LiO8S2Zn. The molecule has 68 valence electrons. The Morgan fingerprint density at radius 2 is 0.750 bits per heavy atom. The van der Waals surface area contributed by atoms with E-state index in [4.69, 9.17) is 35.0 Å². The van der Waals surface area contributed by atoms with Gasteiger partial charge in [0.15, 0.2) is 0 Å². The van der Waals surface area contributed by atoms with Gasteiger partial charge in [0.05, 0.1) is 0 Å². The van der Waals surface area contributed by atoms with E-state index in [1.165, 1.54) is 0 Å². The van der Waals surface area contributed by atoms with Gasteiger partial charge < -0.3 is 1.43 Å². The Morgan fingerprint density at radius 1 is 0.750 bits per heavy atom. The van der Waals surface area contributed by atoms with Crippen LogP contribution < -0.4 is 18.9 Å². The Labute approximate surface area is 95.3 Å². The van der Waals surface area contributed by atoms with Crippen LogP contribution in [0.1, 0.15) is 1.43 Å². The monoisotopic (exact) mass is 268 g/mol. The van der Waals surface area contributed by atoms with Crippen molar-refractivity contribution >= 4 is 20.8 Å². The third kappa shape index (κ3) is 1180. The predicted octanol–water partition coefficient (Wildman–Crippen LogP) is -4.19. The van der Waals surface area contributed by atoms with E-state index in [0.29, 0.717) is 0 Å². The Hall–Kier alpha value is 0.961. The fourth-order valence-electron chi connectivity index (χ4n) is 0. The zero-order chi connectivity index (χ0) is 9.00. The molecule has 0 atom stereocenters. The average molecular weight is 269 g/mol. The van der Waals surface area contributed by atoms with Gasteiger partial charge in [-0.1, -0.05) is 0 Å². The van der Waals surface area contributed by atoms with E-state index in [0.717, 1.165) is 0 Å². The first kappa shape index (κ1) is 23.1. The molecule has 0 aromatic heterocycles. The first-order valence-electron chi connectivity index (χ1n) is 1.40. The van der Waals surface area contributed by atoms with Crippen LogP contribution in [-0.2, 0) is 40.3 Å². The maximum absolute atomic E-state index is 8.74. The second-order valence-corrected chi connectivity index (χ2v) is 2.69. The van der Waals surface area contributed by atoms with Gasteiger partial charge >= 0.3 is 39.7 Å². The minimum Gasteiger partial charge on any atom is -1.00 e. The molecule has 0 saturated heterocycles. The van der Waals surface area contributed by atoms with Gasteiger partial charge in [-0.05, 0) is 0 Å². The zero-order valence-corrected chi connectivity index (χ0v) is 10.5. The third-order valence-electron chi connectivity index (χ3n) is 0. The molecule has 0 radical (unpaired) electrons. The van der Waals surface area contributed by atoms with E-state index in [9.17, 15) is 0 Å². The summed E-state index contributed by atoms with van der Waals surface area (Å²) in [5.74, 6) is 0. The molecule has 12 heteroatoms. The number of hydrogen-bond donors (Lipinski definition) is 4.